The average Bonchev–Trinajstić information content (AvgIpc) is 1.71. The third kappa shape index (κ3) is 19.4. The number of para-hydroxylation sites is 1. The number of nitrogens with one attached hydrogen (secondary N) is 10. The molecule has 1 aliphatic heterocycles. The molecule has 0 saturated carbocycles. The highest BCUT2D eigenvalue weighted by Gasteiger charge is 2.42. The Morgan fingerprint density at radius 3 is 1.72 bits per heavy atom. The van der Waals surface area contributed by atoms with Gasteiger partial charge >= 0.3 is 12.1 Å². The molecule has 15 N–H and O–H groups in total. The third-order valence-electron chi connectivity index (χ3n) is 17.5. The number of H-pyrrole nitrogens is 2. The molecule has 2 aromatic heterocycles. The second-order valence-electron chi connectivity index (χ2n) is 24.5. The standard InChI is InChI=1S/C68H88N12O13S2/c1-4-26-80-34-42(27-47-46-21-15-24-49-57(46)44(33-71-49)31-56(47)80)35-93-68(92)77-52(29-41-18-9-6-10-19-41)62(85)75-54(36-94)64(87)73-51(28-40-16-7-5-8-17-40)61(84)74-53(30-43-32-70-48-22-12-11-20-45(43)48)63(86)72-50(23-13-14-25-69)60(83)78-58(38(2)81)66(89)76-55(37-95)65(88)79-59(39(3)82)67(90)91/h5-12,15-22,24,32-33,38-39,42,47,50-56,58-59,70-71,81-82,94-95H,4,13-14,23,25-31,34-37,69H2,1-3H3,(H,72,86)(H,73,87)(H,74,84)(H,75,85)(H,76,89)(H,77,92)(H,78,83)(H,79,88)(H,90,91)/t38-,39-,42-,47?,50+,51+,52-,53-,54+,55+,56?,58+,59+/m1/s1. The molecule has 2 unspecified atom stereocenters. The van der Waals surface area contributed by atoms with Crippen molar-refractivity contribution in [2.45, 2.75) is 151 Å². The number of aliphatic hydroxyl groups excluding tert-OH is 2. The highest BCUT2D eigenvalue weighted by atomic mass is 32.1. The van der Waals surface area contributed by atoms with Crippen LogP contribution >= 0.6 is 25.3 Å². The number of fused-ring (bicyclic) bond motifs is 3. The number of thiol groups is 2. The minimum atomic E-state index is -1.75. The Bertz CT molecular complexity index is 3610. The number of aromatic nitrogens is 2. The number of aliphatic carboxylic acids is 1. The average molecular weight is 1350 g/mol. The van der Waals surface area contributed by atoms with Crippen LogP contribution in [0.5, 0.6) is 0 Å². The van der Waals surface area contributed by atoms with E-state index in [0.717, 1.165) is 50.3 Å². The van der Waals surface area contributed by atoms with E-state index in [2.05, 4.69) is 114 Å². The van der Waals surface area contributed by atoms with Crippen LogP contribution in [0.1, 0.15) is 86.6 Å². The first-order valence-corrected chi connectivity index (χ1v) is 33.5. The number of aromatic amines is 2. The number of ether oxygens (including phenoxy) is 1. The van der Waals surface area contributed by atoms with E-state index >= 15 is 4.79 Å². The molecule has 1 aliphatic carbocycles. The quantitative estimate of drug-likeness (QED) is 0.0204. The number of nitrogens with zero attached hydrogens (tertiary/aromatic N) is 1. The summed E-state index contributed by atoms with van der Waals surface area (Å²) in [6.07, 6.45) is 2.92. The molecule has 3 heterocycles. The molecule has 13 atom stereocenters. The van der Waals surface area contributed by atoms with Crippen molar-refractivity contribution in [1.29, 1.82) is 0 Å². The van der Waals surface area contributed by atoms with Crippen molar-refractivity contribution in [3.05, 3.63) is 143 Å². The second kappa shape index (κ2) is 34.8. The van der Waals surface area contributed by atoms with E-state index in [0.29, 0.717) is 34.5 Å². The van der Waals surface area contributed by atoms with Crippen LogP contribution in [-0.4, -0.2) is 188 Å². The summed E-state index contributed by atoms with van der Waals surface area (Å²) < 4.78 is 5.97. The number of aliphatic hydroxyl groups is 2. The third-order valence-corrected chi connectivity index (χ3v) is 18.2. The van der Waals surface area contributed by atoms with Crippen molar-refractivity contribution in [1.82, 2.24) is 57.4 Å². The van der Waals surface area contributed by atoms with Gasteiger partial charge in [0.05, 0.1) is 18.8 Å². The maximum atomic E-state index is 15.0. The number of carbonyl (C=O) groups excluding carboxylic acids is 8. The summed E-state index contributed by atoms with van der Waals surface area (Å²) in [5.41, 5.74) is 12.2. The van der Waals surface area contributed by atoms with Gasteiger partial charge in [0.25, 0.3) is 0 Å². The lowest BCUT2D eigenvalue weighted by molar-refractivity contribution is -0.145. The number of piperidine rings is 1. The largest absolute Gasteiger partial charge is 0.480 e. The lowest BCUT2D eigenvalue weighted by atomic mass is 9.72. The number of hydrogen-bond acceptors (Lipinski definition) is 16. The first-order chi connectivity index (χ1) is 45.7. The van der Waals surface area contributed by atoms with E-state index in [9.17, 15) is 53.7 Å². The Balaban J connectivity index is 0.983. The van der Waals surface area contributed by atoms with Gasteiger partial charge < -0.3 is 78.3 Å². The van der Waals surface area contributed by atoms with E-state index in [4.69, 9.17) is 10.5 Å². The molecule has 2 aliphatic rings. The van der Waals surface area contributed by atoms with Gasteiger partial charge in [-0.05, 0) is 105 Å². The van der Waals surface area contributed by atoms with Gasteiger partial charge in [0.2, 0.25) is 41.4 Å². The SMILES string of the molecule is CCCN1C[C@H](COC(=O)N[C@H](Cc2ccccc2)C(=O)N[C@@H](CS)C(=O)N[C@@H](Cc2ccccc2)C(=O)N[C@H](Cc2c[nH]c3ccccc23)C(=O)N[C@@H](CCCCN)C(=O)N[C@H](C(=O)N[C@@H](CS)C(=O)N[C@H](C(=O)O)[C@@H](C)O)[C@@H](C)O)CC2c3cccc4[nH]cc(c34)CC21. The molecule has 8 amide bonds. The summed E-state index contributed by atoms with van der Waals surface area (Å²) >= 11 is 8.60. The van der Waals surface area contributed by atoms with E-state index in [-0.39, 0.29) is 68.6 Å². The van der Waals surface area contributed by atoms with E-state index in [1.165, 1.54) is 23.4 Å². The number of benzene rings is 4. The molecule has 1 saturated heterocycles. The summed E-state index contributed by atoms with van der Waals surface area (Å²) in [7, 11) is 0. The topological polar surface area (TPSA) is 381 Å². The number of amides is 8. The van der Waals surface area contributed by atoms with Crippen LogP contribution < -0.4 is 48.3 Å². The first-order valence-electron chi connectivity index (χ1n) is 32.2. The Kier molecular flexibility index (Phi) is 26.5. The van der Waals surface area contributed by atoms with Crippen LogP contribution in [-0.2, 0) is 68.8 Å². The number of unbranched alkanes of at least 4 members (excludes halogenated alkanes) is 1. The predicted molar refractivity (Wildman–Crippen MR) is 364 cm³/mol. The minimum absolute atomic E-state index is 0.00112. The smallest absolute Gasteiger partial charge is 0.407 e. The zero-order chi connectivity index (χ0) is 68.3. The molecule has 510 valence electrons. The van der Waals surface area contributed by atoms with Crippen molar-refractivity contribution in [2.24, 2.45) is 11.7 Å². The normalized spacial score (nSPS) is 18.3. The van der Waals surface area contributed by atoms with Gasteiger partial charge in [-0.1, -0.05) is 97.9 Å². The summed E-state index contributed by atoms with van der Waals surface area (Å²) in [5.74, 6) is -8.24. The molecule has 6 aromatic rings. The van der Waals surface area contributed by atoms with Crippen molar-refractivity contribution in [3.8, 4) is 0 Å². The fourth-order valence-electron chi connectivity index (χ4n) is 12.6. The van der Waals surface area contributed by atoms with Gasteiger partial charge in [0.1, 0.15) is 42.3 Å². The van der Waals surface area contributed by atoms with Crippen LogP contribution in [0.25, 0.3) is 21.8 Å². The predicted octanol–water partition coefficient (Wildman–Crippen LogP) is 2.44. The Morgan fingerprint density at radius 1 is 0.600 bits per heavy atom. The van der Waals surface area contributed by atoms with Crippen LogP contribution in [0, 0.1) is 5.92 Å². The second-order valence-corrected chi connectivity index (χ2v) is 25.3. The van der Waals surface area contributed by atoms with Crippen LogP contribution in [0.15, 0.2) is 116 Å². The number of carboxylic acids is 1. The molecular weight excluding hydrogens is 1260 g/mol. The molecule has 0 bridgehead atoms. The number of carbonyl (C=O) groups is 9. The summed E-state index contributed by atoms with van der Waals surface area (Å²) in [5, 5.41) is 53.1. The van der Waals surface area contributed by atoms with Crippen molar-refractivity contribution >= 4 is 100 Å². The highest BCUT2D eigenvalue weighted by Crippen LogP contribution is 2.45. The van der Waals surface area contributed by atoms with Crippen molar-refractivity contribution in [2.75, 3.05) is 37.7 Å². The molecule has 1 fully saturated rings. The zero-order valence-corrected chi connectivity index (χ0v) is 55.2. The van der Waals surface area contributed by atoms with Gasteiger partial charge in [-0.25, -0.2) is 9.59 Å². The van der Waals surface area contributed by atoms with Gasteiger partial charge in [-0.2, -0.15) is 25.3 Å². The summed E-state index contributed by atoms with van der Waals surface area (Å²) in [6, 6.07) is 19.8. The molecule has 4 aromatic carbocycles. The molecular formula is C68H88N12O13S2. The highest BCUT2D eigenvalue weighted by molar-refractivity contribution is 7.80. The van der Waals surface area contributed by atoms with Crippen molar-refractivity contribution in [3.63, 3.8) is 0 Å². The molecule has 25 nitrogen and oxygen atoms in total. The Labute approximate surface area is 562 Å². The molecule has 27 heteroatoms. The number of rotatable bonds is 34. The van der Waals surface area contributed by atoms with Gasteiger partial charge in [-0.3, -0.25) is 38.5 Å². The number of hydrogen-bond donors (Lipinski definition) is 16. The molecule has 0 radical (unpaired) electrons. The number of alkyl carbamates (subject to hydrolysis) is 1. The Hall–Kier alpha value is -8.47. The van der Waals surface area contributed by atoms with E-state index < -0.39 is 114 Å². The number of carboxylic acid groups (broad SMARTS) is 1. The number of likely N-dealkylation sites (tertiary alicyclic amines) is 1. The lowest BCUT2D eigenvalue weighted by Crippen LogP contribution is -2.62. The minimum Gasteiger partial charge on any atom is -0.480 e. The fraction of sp³-hybridized carbons (Fsp3) is 0.456. The monoisotopic (exact) mass is 1340 g/mol. The van der Waals surface area contributed by atoms with E-state index in [1.54, 1.807) is 66.9 Å². The number of nitrogens with two attached hydrogens (primary N) is 1. The van der Waals surface area contributed by atoms with Gasteiger partial charge in [0.15, 0.2) is 6.04 Å². The summed E-state index contributed by atoms with van der Waals surface area (Å²) in [6.45, 7) is 6.43. The maximum Gasteiger partial charge on any atom is 0.407 e. The molecule has 8 rings (SSSR count). The van der Waals surface area contributed by atoms with Gasteiger partial charge in [0, 0.05) is 89.4 Å². The van der Waals surface area contributed by atoms with Crippen LogP contribution in [0.2, 0.25) is 0 Å². The van der Waals surface area contributed by atoms with Gasteiger partial charge in [-0.15, -0.1) is 0 Å². The lowest BCUT2D eigenvalue weighted by Gasteiger charge is -2.47. The molecule has 95 heavy (non-hydrogen) atoms. The zero-order valence-electron chi connectivity index (χ0n) is 53.4. The van der Waals surface area contributed by atoms with Crippen LogP contribution in [0.3, 0.4) is 0 Å². The van der Waals surface area contributed by atoms with Crippen LogP contribution in [0.4, 0.5) is 4.79 Å². The maximum absolute atomic E-state index is 15.0. The molecule has 0 spiro atoms. The van der Waals surface area contributed by atoms with Crippen molar-refractivity contribution < 1.29 is 63.2 Å². The Morgan fingerprint density at radius 2 is 1.12 bits per heavy atom. The first kappa shape index (κ1) is 72.4. The summed E-state index contributed by atoms with van der Waals surface area (Å²) in [4.78, 5) is 135. The van der Waals surface area contributed by atoms with E-state index in [1.807, 2.05) is 24.3 Å². The fourth-order valence-corrected chi connectivity index (χ4v) is 13.1.